The molecule has 0 radical (unpaired) electrons. The second-order valence-corrected chi connectivity index (χ2v) is 17.8. The zero-order chi connectivity index (χ0) is 42.8. The van der Waals surface area contributed by atoms with E-state index in [0.29, 0.717) is 23.9 Å². The van der Waals surface area contributed by atoms with Gasteiger partial charge >= 0.3 is 11.9 Å². The molecular weight excluding hydrogens is 750 g/mol. The van der Waals surface area contributed by atoms with Gasteiger partial charge in [0.25, 0.3) is 7.82 Å². The van der Waals surface area contributed by atoms with E-state index in [-0.39, 0.29) is 26.1 Å². The molecule has 0 N–H and O–H groups in total. The Hall–Kier alpha value is -2.29. The van der Waals surface area contributed by atoms with Crippen molar-refractivity contribution >= 4 is 19.8 Å². The van der Waals surface area contributed by atoms with E-state index in [4.69, 9.17) is 18.5 Å². The van der Waals surface area contributed by atoms with Crippen molar-refractivity contribution in [3.05, 3.63) is 60.8 Å². The molecule has 1 unspecified atom stereocenters. The lowest BCUT2D eigenvalue weighted by Gasteiger charge is -2.28. The topological polar surface area (TPSA) is 111 Å². The third-order valence-corrected chi connectivity index (χ3v) is 10.5. The number of ether oxygens (including phenoxy) is 2. The molecule has 0 rings (SSSR count). The average Bonchev–Trinajstić information content (AvgIpc) is 3.17. The first-order valence-corrected chi connectivity index (χ1v) is 24.5. The molecule has 0 aromatic rings. The Bertz CT molecular complexity index is 1170. The maximum atomic E-state index is 12.7. The van der Waals surface area contributed by atoms with Crippen LogP contribution in [-0.4, -0.2) is 70.0 Å². The fourth-order valence-electron chi connectivity index (χ4n) is 5.87. The number of phosphoric acid groups is 1. The van der Waals surface area contributed by atoms with E-state index in [9.17, 15) is 19.0 Å². The van der Waals surface area contributed by atoms with Crippen LogP contribution in [-0.2, 0) is 32.7 Å². The molecule has 10 heteroatoms. The molecule has 0 aliphatic carbocycles. The molecule has 0 amide bonds. The smallest absolute Gasteiger partial charge is 0.306 e. The van der Waals surface area contributed by atoms with Crippen molar-refractivity contribution in [2.24, 2.45) is 0 Å². The summed E-state index contributed by atoms with van der Waals surface area (Å²) in [7, 11) is 1.13. The van der Waals surface area contributed by atoms with E-state index in [1.807, 2.05) is 21.1 Å². The van der Waals surface area contributed by atoms with Gasteiger partial charge in [0.15, 0.2) is 6.10 Å². The fraction of sp³-hybridized carbons (Fsp3) is 0.750. The molecule has 0 aliphatic heterocycles. The number of rotatable bonds is 41. The maximum absolute atomic E-state index is 12.7. The van der Waals surface area contributed by atoms with Crippen molar-refractivity contribution in [1.29, 1.82) is 0 Å². The van der Waals surface area contributed by atoms with E-state index < -0.39 is 32.5 Å². The number of esters is 2. The first-order valence-electron chi connectivity index (χ1n) is 23.0. The molecule has 9 nitrogen and oxygen atoms in total. The molecule has 0 saturated carbocycles. The number of phosphoric ester groups is 1. The van der Waals surface area contributed by atoms with Crippen molar-refractivity contribution in [1.82, 2.24) is 0 Å². The van der Waals surface area contributed by atoms with Crippen LogP contribution >= 0.6 is 7.82 Å². The SMILES string of the molecule is CCCCC/C=C\C/C=C\C/C=C\C/C=C\CCCCCC(=O)OC[C@H](COP(=O)([O-])OCC[N+](C)(C)C)OC(=O)CCCCCCC/C=C\CCCCCCCC. The molecule has 0 heterocycles. The molecule has 0 aromatic carbocycles. The first kappa shape index (κ1) is 55.7. The zero-order valence-corrected chi connectivity index (χ0v) is 38.6. The number of hydrogen-bond acceptors (Lipinski definition) is 8. The Kier molecular flexibility index (Phi) is 38.5. The minimum atomic E-state index is -4.64. The van der Waals surface area contributed by atoms with Gasteiger partial charge in [-0.3, -0.25) is 14.2 Å². The van der Waals surface area contributed by atoms with Gasteiger partial charge in [-0.05, 0) is 83.5 Å². The van der Waals surface area contributed by atoms with Gasteiger partial charge in [-0.2, -0.15) is 0 Å². The highest BCUT2D eigenvalue weighted by Crippen LogP contribution is 2.38. The molecule has 0 aliphatic rings. The van der Waals surface area contributed by atoms with Crippen LogP contribution in [0.5, 0.6) is 0 Å². The molecule has 0 bridgehead atoms. The lowest BCUT2D eigenvalue weighted by atomic mass is 10.1. The Labute approximate surface area is 356 Å². The first-order chi connectivity index (χ1) is 28.0. The molecule has 58 heavy (non-hydrogen) atoms. The molecule has 2 atom stereocenters. The van der Waals surface area contributed by atoms with Crippen LogP contribution in [0.1, 0.15) is 181 Å². The lowest BCUT2D eigenvalue weighted by molar-refractivity contribution is -0.870. The van der Waals surface area contributed by atoms with Gasteiger partial charge in [-0.1, -0.05) is 145 Å². The number of carbonyl (C=O) groups excluding carboxylic acids is 2. The van der Waals surface area contributed by atoms with Gasteiger partial charge in [0.1, 0.15) is 19.8 Å². The largest absolute Gasteiger partial charge is 0.756 e. The summed E-state index contributed by atoms with van der Waals surface area (Å²) < 4.78 is 33.9. The standard InChI is InChI=1S/C48H86NO8P/c1-6-8-10-12-14-16-18-20-22-23-24-25-27-28-30-32-34-36-38-40-47(50)54-44-46(45-56-58(52,53)55-43-42-49(3,4)5)57-48(51)41-39-37-35-33-31-29-26-21-19-17-15-13-11-9-7-2/h14,16,20-22,24-26,28,30,46H,6-13,15,17-19,23,27,29,31-45H2,1-5H3/b16-14-,22-20-,25-24-,26-21-,30-28-/t46-/m1/s1. The number of quaternary nitrogens is 1. The van der Waals surface area contributed by atoms with Crippen LogP contribution in [0.3, 0.4) is 0 Å². The fourth-order valence-corrected chi connectivity index (χ4v) is 6.60. The highest BCUT2D eigenvalue weighted by Gasteiger charge is 2.21. The number of nitrogens with zero attached hydrogens (tertiary/aromatic N) is 1. The number of allylic oxidation sites excluding steroid dienone is 10. The van der Waals surface area contributed by atoms with E-state index in [2.05, 4.69) is 74.6 Å². The second kappa shape index (κ2) is 40.1. The number of carbonyl (C=O) groups is 2. The van der Waals surface area contributed by atoms with E-state index in [0.717, 1.165) is 70.6 Å². The minimum Gasteiger partial charge on any atom is -0.756 e. The Morgan fingerprint density at radius 3 is 1.45 bits per heavy atom. The van der Waals surface area contributed by atoms with Crippen molar-refractivity contribution in [2.45, 2.75) is 187 Å². The van der Waals surface area contributed by atoms with Crippen LogP contribution in [0.15, 0.2) is 60.8 Å². The van der Waals surface area contributed by atoms with Crippen molar-refractivity contribution in [3.8, 4) is 0 Å². The van der Waals surface area contributed by atoms with Crippen LogP contribution in [0.2, 0.25) is 0 Å². The summed E-state index contributed by atoms with van der Waals surface area (Å²) in [5, 5.41) is 0. The monoisotopic (exact) mass is 836 g/mol. The van der Waals surface area contributed by atoms with Gasteiger partial charge in [0.2, 0.25) is 0 Å². The molecule has 0 saturated heterocycles. The molecule has 0 spiro atoms. The number of hydrogen-bond donors (Lipinski definition) is 0. The summed E-state index contributed by atoms with van der Waals surface area (Å²) in [5.41, 5.74) is 0. The predicted octanol–water partition coefficient (Wildman–Crippen LogP) is 12.6. The van der Waals surface area contributed by atoms with Crippen molar-refractivity contribution in [2.75, 3.05) is 47.5 Å². The van der Waals surface area contributed by atoms with Crippen molar-refractivity contribution < 1.29 is 42.1 Å². The molecular formula is C48H86NO8P. The van der Waals surface area contributed by atoms with Crippen LogP contribution in [0.25, 0.3) is 0 Å². The van der Waals surface area contributed by atoms with Crippen LogP contribution in [0.4, 0.5) is 0 Å². The maximum Gasteiger partial charge on any atom is 0.306 e. The van der Waals surface area contributed by atoms with Gasteiger partial charge in [0, 0.05) is 12.8 Å². The highest BCUT2D eigenvalue weighted by molar-refractivity contribution is 7.45. The molecule has 336 valence electrons. The normalized spacial score (nSPS) is 14.1. The second-order valence-electron chi connectivity index (χ2n) is 16.4. The summed E-state index contributed by atoms with van der Waals surface area (Å²) in [6.07, 6.45) is 48.1. The number of unbranched alkanes of at least 4 members (excludes halogenated alkanes) is 17. The van der Waals surface area contributed by atoms with Crippen LogP contribution < -0.4 is 4.89 Å². The Balaban J connectivity index is 4.42. The zero-order valence-electron chi connectivity index (χ0n) is 37.7. The number of likely N-dealkylation sites (N-methyl/N-ethyl adjacent to an activating group) is 1. The summed E-state index contributed by atoms with van der Waals surface area (Å²) in [6.45, 7) is 4.14. The Morgan fingerprint density at radius 1 is 0.534 bits per heavy atom. The molecule has 0 aromatic heterocycles. The molecule has 0 fully saturated rings. The third-order valence-electron chi connectivity index (χ3n) is 9.51. The Morgan fingerprint density at radius 2 is 0.931 bits per heavy atom. The van der Waals surface area contributed by atoms with Gasteiger partial charge < -0.3 is 27.9 Å². The highest BCUT2D eigenvalue weighted by atomic mass is 31.2. The third kappa shape index (κ3) is 43.3. The minimum absolute atomic E-state index is 0.0401. The van der Waals surface area contributed by atoms with Crippen molar-refractivity contribution in [3.63, 3.8) is 0 Å². The quantitative estimate of drug-likeness (QED) is 0.0197. The summed E-state index contributed by atoms with van der Waals surface area (Å²) in [4.78, 5) is 37.6. The summed E-state index contributed by atoms with van der Waals surface area (Å²) in [6, 6.07) is 0. The van der Waals surface area contributed by atoms with Gasteiger partial charge in [0.05, 0.1) is 27.7 Å². The van der Waals surface area contributed by atoms with Gasteiger partial charge in [-0.25, -0.2) is 0 Å². The van der Waals surface area contributed by atoms with E-state index in [1.54, 1.807) is 0 Å². The summed E-state index contributed by atoms with van der Waals surface area (Å²) in [5.74, 6) is -0.883. The predicted molar refractivity (Wildman–Crippen MR) is 240 cm³/mol. The summed E-state index contributed by atoms with van der Waals surface area (Å²) >= 11 is 0. The van der Waals surface area contributed by atoms with Gasteiger partial charge in [-0.15, -0.1) is 0 Å². The van der Waals surface area contributed by atoms with E-state index >= 15 is 0 Å². The van der Waals surface area contributed by atoms with Crippen LogP contribution in [0, 0.1) is 0 Å². The average molecular weight is 836 g/mol. The van der Waals surface area contributed by atoms with E-state index in [1.165, 1.54) is 70.6 Å². The lowest BCUT2D eigenvalue weighted by Crippen LogP contribution is -2.37.